The van der Waals surface area contributed by atoms with Crippen molar-refractivity contribution in [3.05, 3.63) is 18.5 Å². The van der Waals surface area contributed by atoms with Gasteiger partial charge in [-0.25, -0.2) is 14.8 Å². The fraction of sp³-hybridized carbons (Fsp3) is 0.643. The van der Waals surface area contributed by atoms with Gasteiger partial charge in [-0.3, -0.25) is 4.21 Å². The fourth-order valence-corrected chi connectivity index (χ4v) is 3.47. The zero-order valence-corrected chi connectivity index (χ0v) is 13.4. The van der Waals surface area contributed by atoms with Gasteiger partial charge >= 0.3 is 6.09 Å². The molecule has 2 unspecified atom stereocenters. The molecule has 1 fully saturated rings. The minimum absolute atomic E-state index is 0.145. The molecule has 0 aromatic carbocycles. The second-order valence-electron chi connectivity index (χ2n) is 6.02. The van der Waals surface area contributed by atoms with Gasteiger partial charge in [-0.15, -0.1) is 0 Å². The first-order valence-corrected chi connectivity index (χ1v) is 8.23. The van der Waals surface area contributed by atoms with Gasteiger partial charge in [0.15, 0.2) is 0 Å². The van der Waals surface area contributed by atoms with E-state index < -0.39 is 16.4 Å². The van der Waals surface area contributed by atoms with Gasteiger partial charge < -0.3 is 9.64 Å². The molecule has 2 heterocycles. The maximum absolute atomic E-state index is 12.5. The van der Waals surface area contributed by atoms with Gasteiger partial charge in [0.05, 0.1) is 16.0 Å². The van der Waals surface area contributed by atoms with Crippen molar-refractivity contribution < 1.29 is 13.7 Å². The van der Waals surface area contributed by atoms with Gasteiger partial charge in [0.2, 0.25) is 5.16 Å². The van der Waals surface area contributed by atoms with E-state index in [2.05, 4.69) is 9.97 Å². The molecule has 1 aromatic heterocycles. The van der Waals surface area contributed by atoms with Crippen LogP contribution in [0.15, 0.2) is 23.6 Å². The number of nitrogens with zero attached hydrogens (tertiary/aromatic N) is 3. The molecule has 1 aliphatic heterocycles. The highest BCUT2D eigenvalue weighted by Gasteiger charge is 2.31. The van der Waals surface area contributed by atoms with E-state index in [9.17, 15) is 9.00 Å². The predicted molar refractivity (Wildman–Crippen MR) is 79.3 cm³/mol. The molecule has 0 saturated carbocycles. The summed E-state index contributed by atoms with van der Waals surface area (Å²) >= 11 is 0. The SMILES string of the molecule is CC(C)(C)OC(=O)N1CCCC(S(=O)c2ncccn2)C1. The molecule has 0 bridgehead atoms. The number of carbonyl (C=O) groups is 1. The quantitative estimate of drug-likeness (QED) is 0.781. The number of carbonyl (C=O) groups excluding carboxylic acids is 1. The Balaban J connectivity index is 2.01. The highest BCUT2D eigenvalue weighted by atomic mass is 32.2. The second-order valence-corrected chi connectivity index (χ2v) is 7.65. The van der Waals surface area contributed by atoms with Crippen LogP contribution in [0.4, 0.5) is 4.79 Å². The van der Waals surface area contributed by atoms with E-state index in [1.165, 1.54) is 0 Å². The highest BCUT2D eigenvalue weighted by Crippen LogP contribution is 2.20. The number of hydrogen-bond acceptors (Lipinski definition) is 5. The van der Waals surface area contributed by atoms with E-state index in [1.54, 1.807) is 23.4 Å². The Bertz CT molecular complexity index is 516. The average Bonchev–Trinajstić information content (AvgIpc) is 2.46. The summed E-state index contributed by atoms with van der Waals surface area (Å²) in [6, 6.07) is 1.69. The third kappa shape index (κ3) is 4.49. The largest absolute Gasteiger partial charge is 0.444 e. The van der Waals surface area contributed by atoms with Gasteiger partial charge in [-0.2, -0.15) is 0 Å². The Morgan fingerprint density at radius 1 is 1.38 bits per heavy atom. The van der Waals surface area contributed by atoms with Crippen LogP contribution in [0.5, 0.6) is 0 Å². The molecule has 21 heavy (non-hydrogen) atoms. The molecule has 1 aliphatic rings. The lowest BCUT2D eigenvalue weighted by Gasteiger charge is -2.33. The van der Waals surface area contributed by atoms with Crippen LogP contribution < -0.4 is 0 Å². The molecule has 2 rings (SSSR count). The van der Waals surface area contributed by atoms with E-state index in [4.69, 9.17) is 4.74 Å². The van der Waals surface area contributed by atoms with Crippen LogP contribution >= 0.6 is 0 Å². The van der Waals surface area contributed by atoms with Gasteiger partial charge in [-0.05, 0) is 39.7 Å². The fourth-order valence-electron chi connectivity index (χ4n) is 2.14. The number of aromatic nitrogens is 2. The van der Waals surface area contributed by atoms with E-state index in [0.29, 0.717) is 18.2 Å². The van der Waals surface area contributed by atoms with Crippen LogP contribution in [0.25, 0.3) is 0 Å². The zero-order chi connectivity index (χ0) is 15.5. The smallest absolute Gasteiger partial charge is 0.410 e. The highest BCUT2D eigenvalue weighted by molar-refractivity contribution is 7.85. The van der Waals surface area contributed by atoms with Crippen molar-refractivity contribution >= 4 is 16.9 Å². The number of amides is 1. The van der Waals surface area contributed by atoms with Crippen molar-refractivity contribution in [1.82, 2.24) is 14.9 Å². The lowest BCUT2D eigenvalue weighted by molar-refractivity contribution is 0.0219. The molecule has 1 aromatic rings. The van der Waals surface area contributed by atoms with E-state index in [1.807, 2.05) is 20.8 Å². The van der Waals surface area contributed by atoms with Crippen LogP contribution in [0.3, 0.4) is 0 Å². The summed E-state index contributed by atoms with van der Waals surface area (Å²) in [5.74, 6) is 0. The summed E-state index contributed by atoms with van der Waals surface area (Å²) in [5, 5.41) is 0.183. The molecular formula is C14H21N3O3S. The molecule has 0 aliphatic carbocycles. The minimum atomic E-state index is -1.30. The Hall–Kier alpha value is -1.50. The minimum Gasteiger partial charge on any atom is -0.444 e. The van der Waals surface area contributed by atoms with E-state index in [0.717, 1.165) is 12.8 Å². The first kappa shape index (κ1) is 15.9. The molecule has 0 N–H and O–H groups in total. The molecule has 7 heteroatoms. The molecule has 116 valence electrons. The predicted octanol–water partition coefficient (Wildman–Crippen LogP) is 1.98. The second kappa shape index (κ2) is 6.51. The first-order chi connectivity index (χ1) is 9.87. The Kier molecular flexibility index (Phi) is 4.92. The van der Waals surface area contributed by atoms with Crippen molar-refractivity contribution in [2.45, 2.75) is 49.6 Å². The molecule has 0 radical (unpaired) electrons. The van der Waals surface area contributed by atoms with Crippen LogP contribution in [0.1, 0.15) is 33.6 Å². The van der Waals surface area contributed by atoms with Gasteiger partial charge in [0.25, 0.3) is 0 Å². The number of rotatable bonds is 2. The third-order valence-electron chi connectivity index (χ3n) is 3.05. The van der Waals surface area contributed by atoms with Crippen molar-refractivity contribution in [3.8, 4) is 0 Å². The molecule has 6 nitrogen and oxygen atoms in total. The van der Waals surface area contributed by atoms with Crippen LogP contribution in [0.2, 0.25) is 0 Å². The molecular weight excluding hydrogens is 290 g/mol. The summed E-state index contributed by atoms with van der Waals surface area (Å²) in [7, 11) is -1.30. The van der Waals surface area contributed by atoms with Gasteiger partial charge in [0, 0.05) is 25.5 Å². The summed E-state index contributed by atoms with van der Waals surface area (Å²) in [5.41, 5.74) is -0.522. The Morgan fingerprint density at radius 3 is 2.67 bits per heavy atom. The number of ether oxygens (including phenoxy) is 1. The van der Waals surface area contributed by atoms with Crippen molar-refractivity contribution in [2.75, 3.05) is 13.1 Å². The standard InChI is InChI=1S/C14H21N3O3S/c1-14(2,3)20-13(18)17-9-4-6-11(10-17)21(19)12-15-7-5-8-16-12/h5,7-8,11H,4,6,9-10H2,1-3H3. The average molecular weight is 311 g/mol. The Morgan fingerprint density at radius 2 is 2.05 bits per heavy atom. The monoisotopic (exact) mass is 311 g/mol. The van der Waals surface area contributed by atoms with Crippen molar-refractivity contribution in [2.24, 2.45) is 0 Å². The molecule has 0 spiro atoms. The molecule has 1 amide bonds. The first-order valence-electron chi connectivity index (χ1n) is 7.02. The number of hydrogen-bond donors (Lipinski definition) is 0. The molecule has 1 saturated heterocycles. The zero-order valence-electron chi connectivity index (χ0n) is 12.6. The van der Waals surface area contributed by atoms with Gasteiger partial charge in [-0.1, -0.05) is 0 Å². The summed E-state index contributed by atoms with van der Waals surface area (Å²) < 4.78 is 17.8. The van der Waals surface area contributed by atoms with E-state index in [-0.39, 0.29) is 11.3 Å². The number of piperidine rings is 1. The summed E-state index contributed by atoms with van der Waals surface area (Å²) in [6.07, 6.45) is 4.41. The molecule has 2 atom stereocenters. The third-order valence-corrected chi connectivity index (χ3v) is 4.62. The lowest BCUT2D eigenvalue weighted by atomic mass is 10.1. The van der Waals surface area contributed by atoms with Crippen LogP contribution in [-0.4, -0.2) is 49.1 Å². The van der Waals surface area contributed by atoms with Crippen molar-refractivity contribution in [3.63, 3.8) is 0 Å². The van der Waals surface area contributed by atoms with Crippen molar-refractivity contribution in [1.29, 1.82) is 0 Å². The lowest BCUT2D eigenvalue weighted by Crippen LogP contribution is -2.46. The normalized spacial score (nSPS) is 20.9. The summed E-state index contributed by atoms with van der Waals surface area (Å²) in [4.78, 5) is 21.8. The maximum atomic E-state index is 12.5. The van der Waals surface area contributed by atoms with Crippen LogP contribution in [0, 0.1) is 0 Å². The van der Waals surface area contributed by atoms with E-state index >= 15 is 0 Å². The van der Waals surface area contributed by atoms with Gasteiger partial charge in [0.1, 0.15) is 5.60 Å². The summed E-state index contributed by atoms with van der Waals surface area (Å²) in [6.45, 7) is 6.56. The van der Waals surface area contributed by atoms with Crippen LogP contribution in [-0.2, 0) is 15.5 Å². The maximum Gasteiger partial charge on any atom is 0.410 e. The Labute approximate surface area is 127 Å². The topological polar surface area (TPSA) is 72.4 Å². The number of likely N-dealkylation sites (tertiary alicyclic amines) is 1.